The molecule has 0 saturated heterocycles. The molecular formula is C38H70N4O14. The molecule has 0 heterocycles. The van der Waals surface area contributed by atoms with E-state index >= 15 is 0 Å². The maximum Gasteiger partial charge on any atom is 0.326 e. The van der Waals surface area contributed by atoms with E-state index in [1.807, 2.05) is 0 Å². The first kappa shape index (κ1) is 52.6. The van der Waals surface area contributed by atoms with Gasteiger partial charge in [0.2, 0.25) is 23.6 Å². The van der Waals surface area contributed by atoms with Gasteiger partial charge in [-0.05, 0) is 19.3 Å². The minimum atomic E-state index is -1.19. The lowest BCUT2D eigenvalue weighted by molar-refractivity contribution is -0.142. The van der Waals surface area contributed by atoms with Crippen LogP contribution in [-0.4, -0.2) is 151 Å². The SMILES string of the molecule is COCCOCCNC(=O)COCCOCCNC(=O)COCCOCCNC(=O)CC[C@H](NC(=O)CCCCCCCCCCCCCCC(=O)O)C(=O)O. The lowest BCUT2D eigenvalue weighted by Gasteiger charge is -2.14. The molecule has 4 amide bonds. The largest absolute Gasteiger partial charge is 0.481 e. The number of ether oxygens (including phenoxy) is 6. The molecule has 0 aromatic heterocycles. The molecule has 0 aliphatic heterocycles. The number of carboxylic acid groups (broad SMARTS) is 2. The van der Waals surface area contributed by atoms with Crippen LogP contribution in [0.4, 0.5) is 0 Å². The van der Waals surface area contributed by atoms with Crippen LogP contribution in [0, 0.1) is 0 Å². The third-order valence-electron chi connectivity index (χ3n) is 8.19. The second-order valence-corrected chi connectivity index (χ2v) is 13.1. The lowest BCUT2D eigenvalue weighted by atomic mass is 10.0. The summed E-state index contributed by atoms with van der Waals surface area (Å²) in [4.78, 5) is 70.0. The van der Waals surface area contributed by atoms with Gasteiger partial charge in [0.15, 0.2) is 0 Å². The molecule has 1 atom stereocenters. The third kappa shape index (κ3) is 38.8. The average molecular weight is 807 g/mol. The molecule has 56 heavy (non-hydrogen) atoms. The van der Waals surface area contributed by atoms with E-state index < -0.39 is 18.0 Å². The van der Waals surface area contributed by atoms with Gasteiger partial charge in [0, 0.05) is 46.0 Å². The number of carbonyl (C=O) groups excluding carboxylic acids is 4. The molecule has 0 radical (unpaired) electrons. The van der Waals surface area contributed by atoms with Crippen molar-refractivity contribution in [2.75, 3.05) is 99.4 Å². The number of methoxy groups -OCH3 is 1. The number of hydrogen-bond donors (Lipinski definition) is 6. The number of carboxylic acids is 2. The summed E-state index contributed by atoms with van der Waals surface area (Å²) in [5.41, 5.74) is 0. The van der Waals surface area contributed by atoms with Gasteiger partial charge in [-0.25, -0.2) is 4.79 Å². The lowest BCUT2D eigenvalue weighted by Crippen LogP contribution is -2.41. The van der Waals surface area contributed by atoms with Gasteiger partial charge in [-0.15, -0.1) is 0 Å². The predicted octanol–water partition coefficient (Wildman–Crippen LogP) is 1.96. The van der Waals surface area contributed by atoms with E-state index in [1.54, 1.807) is 7.11 Å². The zero-order valence-corrected chi connectivity index (χ0v) is 33.6. The molecule has 6 N–H and O–H groups in total. The zero-order valence-electron chi connectivity index (χ0n) is 33.6. The molecule has 18 heteroatoms. The van der Waals surface area contributed by atoms with Crippen molar-refractivity contribution in [3.05, 3.63) is 0 Å². The standard InChI is InChI=1S/C38H70N4O14/c1-51-24-25-52-22-19-40-35(45)30-56-29-27-54-23-20-41-36(46)31-55-28-26-53-21-18-39-33(43)17-16-32(38(49)50)42-34(44)14-12-10-8-6-4-2-3-5-7-9-11-13-15-37(47)48/h32H,2-31H2,1H3,(H,39,43)(H,40,45)(H,41,46)(H,42,44)(H,47,48)(H,49,50)/t32-/m0/s1. The van der Waals surface area contributed by atoms with Gasteiger partial charge in [0.1, 0.15) is 19.3 Å². The Bertz CT molecular complexity index is 1040. The van der Waals surface area contributed by atoms with E-state index in [4.69, 9.17) is 33.5 Å². The summed E-state index contributed by atoms with van der Waals surface area (Å²) in [6.07, 6.45) is 12.7. The number of nitrogens with one attached hydrogen (secondary N) is 4. The van der Waals surface area contributed by atoms with Gasteiger partial charge in [-0.2, -0.15) is 0 Å². The van der Waals surface area contributed by atoms with Gasteiger partial charge in [0.05, 0.1) is 59.5 Å². The summed E-state index contributed by atoms with van der Waals surface area (Å²) in [6.45, 7) is 3.35. The highest BCUT2D eigenvalue weighted by molar-refractivity contribution is 5.84. The third-order valence-corrected chi connectivity index (χ3v) is 8.19. The van der Waals surface area contributed by atoms with E-state index in [0.29, 0.717) is 32.8 Å². The smallest absolute Gasteiger partial charge is 0.326 e. The van der Waals surface area contributed by atoms with Crippen LogP contribution in [0.5, 0.6) is 0 Å². The number of unbranched alkanes of at least 4 members (excludes halogenated alkanes) is 11. The average Bonchev–Trinajstić information content (AvgIpc) is 3.16. The fraction of sp³-hybridized carbons (Fsp3) is 0.842. The van der Waals surface area contributed by atoms with E-state index in [2.05, 4.69) is 21.3 Å². The number of amides is 4. The molecule has 0 bridgehead atoms. The van der Waals surface area contributed by atoms with Crippen molar-refractivity contribution < 1.29 is 67.4 Å². The van der Waals surface area contributed by atoms with Crippen molar-refractivity contribution in [1.29, 1.82) is 0 Å². The van der Waals surface area contributed by atoms with Crippen molar-refractivity contribution >= 4 is 35.6 Å². The molecule has 18 nitrogen and oxygen atoms in total. The minimum Gasteiger partial charge on any atom is -0.481 e. The molecule has 0 unspecified atom stereocenters. The number of aliphatic carboxylic acids is 2. The topological polar surface area (TPSA) is 246 Å². The van der Waals surface area contributed by atoms with Crippen LogP contribution in [-0.2, 0) is 57.2 Å². The molecule has 0 aliphatic carbocycles. The van der Waals surface area contributed by atoms with Gasteiger partial charge < -0.3 is 59.9 Å². The van der Waals surface area contributed by atoms with E-state index in [-0.39, 0.29) is 115 Å². The predicted molar refractivity (Wildman–Crippen MR) is 206 cm³/mol. The van der Waals surface area contributed by atoms with E-state index in [0.717, 1.165) is 51.4 Å². The Kier molecular flexibility index (Phi) is 37.4. The van der Waals surface area contributed by atoms with Crippen LogP contribution >= 0.6 is 0 Å². The van der Waals surface area contributed by atoms with Crippen LogP contribution in [0.2, 0.25) is 0 Å². The summed E-state index contributed by atoms with van der Waals surface area (Å²) in [7, 11) is 1.58. The summed E-state index contributed by atoms with van der Waals surface area (Å²) >= 11 is 0. The summed E-state index contributed by atoms with van der Waals surface area (Å²) in [5, 5.41) is 28.6. The quantitative estimate of drug-likeness (QED) is 0.0483. The maximum atomic E-state index is 12.3. The Hall–Kier alpha value is -3.42. The molecular weight excluding hydrogens is 736 g/mol. The van der Waals surface area contributed by atoms with Crippen molar-refractivity contribution in [2.45, 2.75) is 109 Å². The van der Waals surface area contributed by atoms with Crippen LogP contribution in [0.25, 0.3) is 0 Å². The first-order valence-electron chi connectivity index (χ1n) is 20.1. The molecule has 0 saturated carbocycles. The molecule has 0 aromatic carbocycles. The highest BCUT2D eigenvalue weighted by Gasteiger charge is 2.20. The monoisotopic (exact) mass is 806 g/mol. The van der Waals surface area contributed by atoms with Gasteiger partial charge in [0.25, 0.3) is 0 Å². The Balaban J connectivity index is 3.64. The van der Waals surface area contributed by atoms with Crippen molar-refractivity contribution in [3.8, 4) is 0 Å². The zero-order chi connectivity index (χ0) is 41.3. The molecule has 0 aromatic rings. The molecule has 0 spiro atoms. The van der Waals surface area contributed by atoms with Crippen LogP contribution in [0.3, 0.4) is 0 Å². The minimum absolute atomic E-state index is 0.0276. The van der Waals surface area contributed by atoms with Crippen LogP contribution < -0.4 is 21.3 Å². The van der Waals surface area contributed by atoms with Crippen LogP contribution in [0.15, 0.2) is 0 Å². The van der Waals surface area contributed by atoms with Gasteiger partial charge in [-0.1, -0.05) is 64.2 Å². The Morgan fingerprint density at radius 3 is 1.27 bits per heavy atom. The highest BCUT2D eigenvalue weighted by Crippen LogP contribution is 2.13. The number of carbonyl (C=O) groups is 6. The normalized spacial score (nSPS) is 11.5. The molecule has 326 valence electrons. The fourth-order valence-corrected chi connectivity index (χ4v) is 5.12. The molecule has 0 fully saturated rings. The fourth-order valence-electron chi connectivity index (χ4n) is 5.12. The van der Waals surface area contributed by atoms with Crippen LogP contribution in [0.1, 0.15) is 103 Å². The summed E-state index contributed by atoms with van der Waals surface area (Å²) in [5.74, 6) is -3.17. The molecule has 0 rings (SSSR count). The van der Waals surface area contributed by atoms with Crippen molar-refractivity contribution in [3.63, 3.8) is 0 Å². The highest BCUT2D eigenvalue weighted by atomic mass is 16.5. The second kappa shape index (κ2) is 39.8. The second-order valence-electron chi connectivity index (χ2n) is 13.1. The van der Waals surface area contributed by atoms with E-state index in [9.17, 15) is 33.9 Å². The summed E-state index contributed by atoms with van der Waals surface area (Å²) in [6, 6.07) is -1.14. The number of hydrogen-bond acceptors (Lipinski definition) is 12. The van der Waals surface area contributed by atoms with Crippen molar-refractivity contribution in [1.82, 2.24) is 21.3 Å². The van der Waals surface area contributed by atoms with Gasteiger partial charge >= 0.3 is 11.9 Å². The summed E-state index contributed by atoms with van der Waals surface area (Å²) < 4.78 is 31.3. The van der Waals surface area contributed by atoms with E-state index in [1.165, 1.54) is 19.3 Å². The number of rotatable bonds is 42. The Morgan fingerprint density at radius 2 is 0.839 bits per heavy atom. The molecule has 0 aliphatic rings. The Morgan fingerprint density at radius 1 is 0.446 bits per heavy atom. The first-order valence-corrected chi connectivity index (χ1v) is 20.1. The Labute approximate surface area is 332 Å². The van der Waals surface area contributed by atoms with Gasteiger partial charge in [-0.3, -0.25) is 24.0 Å². The maximum absolute atomic E-state index is 12.3. The van der Waals surface area contributed by atoms with Crippen molar-refractivity contribution in [2.24, 2.45) is 0 Å². The first-order chi connectivity index (χ1) is 27.1.